The molecule has 64 valence electrons. The first kappa shape index (κ1) is 9.21. The minimum Gasteiger partial charge on any atom is -0.189 e. The zero-order valence-electron chi connectivity index (χ0n) is 5.77. The summed E-state index contributed by atoms with van der Waals surface area (Å²) in [5.41, 5.74) is 0.428. The van der Waals surface area contributed by atoms with Crippen molar-refractivity contribution < 1.29 is 12.3 Å². The fraction of sp³-hybridized carbons (Fsp3) is 0. The van der Waals surface area contributed by atoms with Gasteiger partial charge in [0.25, 0.3) is 0 Å². The zero-order chi connectivity index (χ0) is 9.19. The van der Waals surface area contributed by atoms with Gasteiger partial charge in [0.05, 0.1) is 10.6 Å². The van der Waals surface area contributed by atoms with Crippen molar-refractivity contribution in [2.24, 2.45) is 4.36 Å². The minimum absolute atomic E-state index is 0.384. The molecule has 0 heterocycles. The monoisotopic (exact) mass is 205 g/mol. The van der Waals surface area contributed by atoms with Gasteiger partial charge >= 0.3 is 10.2 Å². The van der Waals surface area contributed by atoms with E-state index in [1.54, 1.807) is 0 Å². The maximum Gasteiger partial charge on any atom is 0.332 e. The van der Waals surface area contributed by atoms with Gasteiger partial charge in [-0.25, -0.2) is 0 Å². The molecule has 0 N–H and O–H groups in total. The van der Waals surface area contributed by atoms with Crippen LogP contribution in [0.25, 0.3) is 0 Å². The van der Waals surface area contributed by atoms with Crippen LogP contribution >= 0.6 is 0 Å². The number of benzene rings is 1. The average Bonchev–Trinajstić information content (AvgIpc) is 2.03. The van der Waals surface area contributed by atoms with E-state index >= 15 is 0 Å². The van der Waals surface area contributed by atoms with Crippen molar-refractivity contribution in [1.29, 1.82) is 0 Å². The topological polar surface area (TPSA) is 46.5 Å². The third-order valence-electron chi connectivity index (χ3n) is 1.22. The maximum absolute atomic E-state index is 12.3. The molecule has 6 heteroatoms. The van der Waals surface area contributed by atoms with Gasteiger partial charge in [-0.15, -0.1) is 3.89 Å². The molecule has 0 atom stereocenters. The van der Waals surface area contributed by atoms with Crippen molar-refractivity contribution in [2.75, 3.05) is 0 Å². The van der Waals surface area contributed by atoms with E-state index in [1.807, 2.05) is 0 Å². The fourth-order valence-corrected chi connectivity index (χ4v) is 1.25. The number of nitrogens with zero attached hydrogens (tertiary/aromatic N) is 1. The van der Waals surface area contributed by atoms with Gasteiger partial charge in [0.2, 0.25) is 0 Å². The highest BCUT2D eigenvalue weighted by atomic mass is 32.3. The first-order valence-corrected chi connectivity index (χ1v) is 4.67. The Bertz CT molecular complexity index is 385. The molecule has 0 fully saturated rings. The molecule has 0 bridgehead atoms. The summed E-state index contributed by atoms with van der Waals surface area (Å²) in [7, 11) is -4.60. The number of rotatable bonds is 2. The molecule has 1 aromatic rings. The summed E-state index contributed by atoms with van der Waals surface area (Å²) in [4.78, 5) is -0.384. The molecule has 0 aliphatic rings. The van der Waals surface area contributed by atoms with Gasteiger partial charge in [0.1, 0.15) is 0 Å². The quantitative estimate of drug-likeness (QED) is 0.690. The van der Waals surface area contributed by atoms with E-state index in [2.05, 4.69) is 16.8 Å². The van der Waals surface area contributed by atoms with Crippen molar-refractivity contribution in [3.05, 3.63) is 24.3 Å². The van der Waals surface area contributed by atoms with Gasteiger partial charge in [0.15, 0.2) is 0 Å². The van der Waals surface area contributed by atoms with E-state index in [9.17, 15) is 12.3 Å². The molecule has 0 unspecified atom stereocenters. The maximum atomic E-state index is 12.3. The summed E-state index contributed by atoms with van der Waals surface area (Å²) in [6.07, 6.45) is 0. The van der Waals surface area contributed by atoms with Gasteiger partial charge in [-0.2, -0.15) is 12.8 Å². The third kappa shape index (κ3) is 2.05. The summed E-state index contributed by atoms with van der Waals surface area (Å²) in [6.45, 7) is 0. The first-order valence-electron chi connectivity index (χ1n) is 2.92. The number of hydrogen-bond acceptors (Lipinski definition) is 4. The number of hydrogen-bond donors (Lipinski definition) is 0. The van der Waals surface area contributed by atoms with Crippen LogP contribution in [0.5, 0.6) is 0 Å². The van der Waals surface area contributed by atoms with Crippen molar-refractivity contribution in [3.8, 4) is 0 Å². The van der Waals surface area contributed by atoms with Crippen LogP contribution in [-0.4, -0.2) is 8.42 Å². The normalized spacial score (nSPS) is 11.1. The van der Waals surface area contributed by atoms with Crippen molar-refractivity contribution in [1.82, 2.24) is 0 Å². The van der Waals surface area contributed by atoms with Crippen LogP contribution in [0.15, 0.2) is 33.5 Å². The molecule has 0 aromatic heterocycles. The Balaban J connectivity index is 3.17. The Morgan fingerprint density at radius 3 is 2.08 bits per heavy atom. The molecule has 0 aliphatic carbocycles. The van der Waals surface area contributed by atoms with Crippen molar-refractivity contribution in [3.63, 3.8) is 0 Å². The predicted molar refractivity (Wildman–Crippen MR) is 44.2 cm³/mol. The lowest BCUT2D eigenvalue weighted by Crippen LogP contribution is -1.89. The highest BCUT2D eigenvalue weighted by molar-refractivity contribution is 7.86. The fourth-order valence-electron chi connectivity index (χ4n) is 0.670. The molecule has 3 nitrogen and oxygen atoms in total. The smallest absolute Gasteiger partial charge is 0.189 e. The highest BCUT2D eigenvalue weighted by Crippen LogP contribution is 2.17. The molecule has 0 aliphatic heterocycles. The predicted octanol–water partition coefficient (Wildman–Crippen LogP) is 1.71. The van der Waals surface area contributed by atoms with E-state index < -0.39 is 10.2 Å². The lowest BCUT2D eigenvalue weighted by atomic mass is 10.3. The number of halogens is 1. The molecule has 0 spiro atoms. The van der Waals surface area contributed by atoms with Crippen molar-refractivity contribution in [2.45, 2.75) is 4.90 Å². The molecular formula is C6H4FNO2S2. The van der Waals surface area contributed by atoms with Gasteiger partial charge in [-0.3, -0.25) is 0 Å². The van der Waals surface area contributed by atoms with Crippen LogP contribution in [0.3, 0.4) is 0 Å². The van der Waals surface area contributed by atoms with Gasteiger partial charge in [-0.1, -0.05) is 0 Å². The third-order valence-corrected chi connectivity index (χ3v) is 2.27. The minimum atomic E-state index is -4.60. The lowest BCUT2D eigenvalue weighted by molar-refractivity contribution is 0.552. The SMILES string of the molecule is O=S(=O)(F)c1ccc(N=S)cc1. The van der Waals surface area contributed by atoms with Crippen LogP contribution in [0.4, 0.5) is 9.57 Å². The molecular weight excluding hydrogens is 201 g/mol. The lowest BCUT2D eigenvalue weighted by Gasteiger charge is -1.93. The van der Waals surface area contributed by atoms with E-state index in [1.165, 1.54) is 12.1 Å². The van der Waals surface area contributed by atoms with Gasteiger partial charge in [0, 0.05) is 12.4 Å². The Morgan fingerprint density at radius 2 is 1.75 bits per heavy atom. The Labute approximate surface area is 74.6 Å². The zero-order valence-corrected chi connectivity index (χ0v) is 7.40. The second-order valence-electron chi connectivity index (χ2n) is 2.02. The summed E-state index contributed by atoms with van der Waals surface area (Å²) in [5, 5.41) is 0. The van der Waals surface area contributed by atoms with Crippen LogP contribution in [-0.2, 0) is 22.6 Å². The van der Waals surface area contributed by atoms with Gasteiger partial charge in [-0.05, 0) is 24.3 Å². The Morgan fingerprint density at radius 1 is 1.25 bits per heavy atom. The Hall–Kier alpha value is -0.880. The van der Waals surface area contributed by atoms with E-state index in [0.717, 1.165) is 12.1 Å². The van der Waals surface area contributed by atoms with E-state index in [-0.39, 0.29) is 4.90 Å². The van der Waals surface area contributed by atoms with Crippen LogP contribution in [0.1, 0.15) is 0 Å². The molecule has 0 saturated heterocycles. The molecule has 0 radical (unpaired) electrons. The van der Waals surface area contributed by atoms with Crippen LogP contribution in [0.2, 0.25) is 0 Å². The molecule has 12 heavy (non-hydrogen) atoms. The van der Waals surface area contributed by atoms with E-state index in [4.69, 9.17) is 0 Å². The second-order valence-corrected chi connectivity index (χ2v) is 3.55. The van der Waals surface area contributed by atoms with Crippen LogP contribution in [0, 0.1) is 0 Å². The molecule has 1 rings (SSSR count). The summed E-state index contributed by atoms with van der Waals surface area (Å²) in [6, 6.07) is 4.89. The van der Waals surface area contributed by atoms with Gasteiger partial charge < -0.3 is 0 Å². The van der Waals surface area contributed by atoms with E-state index in [0.29, 0.717) is 5.69 Å². The Kier molecular flexibility index (Phi) is 2.49. The molecule has 0 saturated carbocycles. The average molecular weight is 205 g/mol. The first-order chi connectivity index (χ1) is 5.54. The molecule has 1 aromatic carbocycles. The second kappa shape index (κ2) is 3.24. The summed E-state index contributed by atoms with van der Waals surface area (Å²) >= 11 is 4.34. The summed E-state index contributed by atoms with van der Waals surface area (Å²) < 4.78 is 36.3. The van der Waals surface area contributed by atoms with Crippen molar-refractivity contribution >= 4 is 28.3 Å². The largest absolute Gasteiger partial charge is 0.332 e. The van der Waals surface area contributed by atoms with Crippen LogP contribution < -0.4 is 0 Å². The highest BCUT2D eigenvalue weighted by Gasteiger charge is 2.10. The molecule has 0 amide bonds. The standard InChI is InChI=1S/C6H4FNO2S2/c7-12(9,10)6-3-1-5(8-11)2-4-6/h1-4H. The summed E-state index contributed by atoms with van der Waals surface area (Å²) in [5.74, 6) is 0.